The summed E-state index contributed by atoms with van der Waals surface area (Å²) >= 11 is 3.45. The number of benzene rings is 2. The van der Waals surface area contributed by atoms with E-state index in [1.54, 1.807) is 0 Å². The summed E-state index contributed by atoms with van der Waals surface area (Å²) in [6.45, 7) is 6.22. The second-order valence-corrected chi connectivity index (χ2v) is 6.44. The Morgan fingerprint density at radius 1 is 1.10 bits per heavy atom. The summed E-state index contributed by atoms with van der Waals surface area (Å²) in [7, 11) is 0. The van der Waals surface area contributed by atoms with E-state index in [1.165, 1.54) is 0 Å². The normalized spacial score (nSPS) is 12.2. The molecule has 2 aromatic carbocycles. The van der Waals surface area contributed by atoms with Gasteiger partial charge >= 0.3 is 0 Å². The minimum absolute atomic E-state index is 0.00566. The van der Waals surface area contributed by atoms with Gasteiger partial charge in [-0.2, -0.15) is 0 Å². The van der Waals surface area contributed by atoms with Gasteiger partial charge in [-0.15, -0.1) is 0 Å². The molecular weight excluding hydrogens is 326 g/mol. The molecule has 0 saturated heterocycles. The van der Waals surface area contributed by atoms with Crippen molar-refractivity contribution < 1.29 is 4.79 Å². The first kappa shape index (κ1) is 15.8. The van der Waals surface area contributed by atoms with Crippen LogP contribution < -0.4 is 5.32 Å². The average Bonchev–Trinajstić information content (AvgIpc) is 2.47. The largest absolute Gasteiger partial charge is 0.345 e. The van der Waals surface area contributed by atoms with Crippen LogP contribution in [0.3, 0.4) is 0 Å². The van der Waals surface area contributed by atoms with Gasteiger partial charge in [0.05, 0.1) is 11.6 Å². The Hall–Kier alpha value is -1.61. The molecule has 0 heterocycles. The van der Waals surface area contributed by atoms with Gasteiger partial charge < -0.3 is 5.32 Å². The Morgan fingerprint density at radius 2 is 1.76 bits per heavy atom. The van der Waals surface area contributed by atoms with E-state index in [2.05, 4.69) is 47.2 Å². The molecule has 0 bridgehead atoms. The van der Waals surface area contributed by atoms with Gasteiger partial charge in [-0.1, -0.05) is 55.8 Å². The zero-order valence-corrected chi connectivity index (χ0v) is 14.1. The van der Waals surface area contributed by atoms with Crippen LogP contribution in [0.15, 0.2) is 53.0 Å². The van der Waals surface area contributed by atoms with Crippen molar-refractivity contribution >= 4 is 21.8 Å². The topological polar surface area (TPSA) is 29.1 Å². The van der Waals surface area contributed by atoms with Crippen LogP contribution in [0.4, 0.5) is 0 Å². The molecule has 0 saturated carbocycles. The zero-order valence-electron chi connectivity index (χ0n) is 12.6. The number of aryl methyl sites for hydroxylation is 1. The number of halogens is 1. The summed E-state index contributed by atoms with van der Waals surface area (Å²) in [4.78, 5) is 12.6. The van der Waals surface area contributed by atoms with Crippen LogP contribution in [0.1, 0.15) is 41.4 Å². The number of carbonyl (C=O) groups is 1. The minimum atomic E-state index is -0.0480. The molecule has 1 atom stereocenters. The summed E-state index contributed by atoms with van der Waals surface area (Å²) in [6.07, 6.45) is 0. The number of nitrogens with one attached hydrogen (secondary N) is 1. The fourth-order valence-electron chi connectivity index (χ4n) is 2.33. The molecule has 2 aromatic rings. The van der Waals surface area contributed by atoms with E-state index in [0.29, 0.717) is 11.5 Å². The Kier molecular flexibility index (Phi) is 5.18. The molecule has 0 fully saturated rings. The fraction of sp³-hybridized carbons (Fsp3) is 0.278. The van der Waals surface area contributed by atoms with E-state index in [1.807, 2.05) is 43.3 Å². The second-order valence-electron chi connectivity index (χ2n) is 5.59. The lowest BCUT2D eigenvalue weighted by Crippen LogP contribution is -2.32. The maximum atomic E-state index is 12.6. The molecule has 1 unspecified atom stereocenters. The third-order valence-corrected chi connectivity index (χ3v) is 4.17. The van der Waals surface area contributed by atoms with Gasteiger partial charge in [-0.25, -0.2) is 0 Å². The third kappa shape index (κ3) is 3.94. The van der Waals surface area contributed by atoms with E-state index >= 15 is 0 Å². The lowest BCUT2D eigenvalue weighted by atomic mass is 9.95. The molecule has 2 nitrogen and oxygen atoms in total. The van der Waals surface area contributed by atoms with Gasteiger partial charge in [-0.05, 0) is 46.5 Å². The zero-order chi connectivity index (χ0) is 15.4. The molecule has 2 rings (SSSR count). The van der Waals surface area contributed by atoms with Gasteiger partial charge in [0, 0.05) is 4.47 Å². The quantitative estimate of drug-likeness (QED) is 0.840. The predicted molar refractivity (Wildman–Crippen MR) is 90.4 cm³/mol. The molecule has 0 spiro atoms. The van der Waals surface area contributed by atoms with Crippen molar-refractivity contribution in [1.29, 1.82) is 0 Å². The summed E-state index contributed by atoms with van der Waals surface area (Å²) in [5.41, 5.74) is 2.88. The van der Waals surface area contributed by atoms with E-state index < -0.39 is 0 Å². The van der Waals surface area contributed by atoms with E-state index in [-0.39, 0.29) is 11.9 Å². The maximum absolute atomic E-state index is 12.6. The number of amides is 1. The van der Waals surface area contributed by atoms with Crippen LogP contribution in [0.5, 0.6) is 0 Å². The molecule has 3 heteroatoms. The highest BCUT2D eigenvalue weighted by Gasteiger charge is 2.20. The van der Waals surface area contributed by atoms with Gasteiger partial charge in [0.15, 0.2) is 0 Å². The van der Waals surface area contributed by atoms with Crippen molar-refractivity contribution in [2.24, 2.45) is 5.92 Å². The summed E-state index contributed by atoms with van der Waals surface area (Å²) in [5.74, 6) is 0.271. The lowest BCUT2D eigenvalue weighted by molar-refractivity contribution is 0.0924. The van der Waals surface area contributed by atoms with Crippen LogP contribution in [0.25, 0.3) is 0 Å². The Balaban J connectivity index is 2.25. The first-order chi connectivity index (χ1) is 9.99. The molecule has 1 N–H and O–H groups in total. The number of hydrogen-bond donors (Lipinski definition) is 1. The van der Waals surface area contributed by atoms with Crippen LogP contribution in [0, 0.1) is 12.8 Å². The van der Waals surface area contributed by atoms with Crippen LogP contribution in [-0.4, -0.2) is 5.91 Å². The molecule has 0 aliphatic heterocycles. The van der Waals surface area contributed by atoms with Crippen molar-refractivity contribution in [3.63, 3.8) is 0 Å². The Labute approximate surface area is 134 Å². The smallest absolute Gasteiger partial charge is 0.252 e. The summed E-state index contributed by atoms with van der Waals surface area (Å²) in [6, 6.07) is 15.9. The second kappa shape index (κ2) is 6.90. The van der Waals surface area contributed by atoms with Crippen molar-refractivity contribution in [2.75, 3.05) is 0 Å². The Morgan fingerprint density at radius 3 is 2.38 bits per heavy atom. The lowest BCUT2D eigenvalue weighted by Gasteiger charge is -2.23. The van der Waals surface area contributed by atoms with Crippen LogP contribution in [-0.2, 0) is 0 Å². The van der Waals surface area contributed by atoms with Crippen molar-refractivity contribution in [2.45, 2.75) is 26.8 Å². The molecule has 0 aliphatic rings. The monoisotopic (exact) mass is 345 g/mol. The maximum Gasteiger partial charge on any atom is 0.252 e. The highest BCUT2D eigenvalue weighted by atomic mass is 79.9. The van der Waals surface area contributed by atoms with Gasteiger partial charge in [-0.3, -0.25) is 4.79 Å². The van der Waals surface area contributed by atoms with E-state index in [0.717, 1.165) is 15.6 Å². The highest BCUT2D eigenvalue weighted by molar-refractivity contribution is 9.10. The van der Waals surface area contributed by atoms with Crippen LogP contribution in [0.2, 0.25) is 0 Å². The number of hydrogen-bond acceptors (Lipinski definition) is 1. The first-order valence-corrected chi connectivity index (χ1v) is 7.90. The van der Waals surface area contributed by atoms with E-state index in [4.69, 9.17) is 0 Å². The number of rotatable bonds is 4. The Bertz CT molecular complexity index is 622. The number of carbonyl (C=O) groups excluding carboxylic acids is 1. The standard InChI is InChI=1S/C18H20BrNO/c1-12(2)17(14-7-5-4-6-8-14)20-18(21)15-11-13(3)9-10-16(15)19/h4-12,17H,1-3H3,(H,20,21). The fourth-order valence-corrected chi connectivity index (χ4v) is 2.75. The van der Waals surface area contributed by atoms with Gasteiger partial charge in [0.2, 0.25) is 0 Å². The van der Waals surface area contributed by atoms with E-state index in [9.17, 15) is 4.79 Å². The first-order valence-electron chi connectivity index (χ1n) is 7.11. The molecular formula is C18H20BrNO. The van der Waals surface area contributed by atoms with Crippen LogP contribution >= 0.6 is 15.9 Å². The third-order valence-electron chi connectivity index (χ3n) is 3.48. The molecule has 21 heavy (non-hydrogen) atoms. The molecule has 1 amide bonds. The van der Waals surface area contributed by atoms with Crippen molar-refractivity contribution in [3.8, 4) is 0 Å². The predicted octanol–water partition coefficient (Wildman–Crippen LogP) is 4.88. The molecule has 0 aromatic heterocycles. The molecule has 0 radical (unpaired) electrons. The SMILES string of the molecule is Cc1ccc(Br)c(C(=O)NC(c2ccccc2)C(C)C)c1. The summed E-state index contributed by atoms with van der Waals surface area (Å²) < 4.78 is 0.821. The molecule has 110 valence electrons. The van der Waals surface area contributed by atoms with Gasteiger partial charge in [0.1, 0.15) is 0 Å². The summed E-state index contributed by atoms with van der Waals surface area (Å²) in [5, 5.41) is 3.15. The molecule has 0 aliphatic carbocycles. The highest BCUT2D eigenvalue weighted by Crippen LogP contribution is 2.24. The minimum Gasteiger partial charge on any atom is -0.345 e. The van der Waals surface area contributed by atoms with Crippen molar-refractivity contribution in [3.05, 3.63) is 69.7 Å². The average molecular weight is 346 g/mol. The van der Waals surface area contributed by atoms with Crippen molar-refractivity contribution in [1.82, 2.24) is 5.32 Å². The van der Waals surface area contributed by atoms with Gasteiger partial charge in [0.25, 0.3) is 5.91 Å².